The second-order valence-corrected chi connectivity index (χ2v) is 11.2. The minimum Gasteiger partial charge on any atom is -0.444 e. The molecule has 0 atom stereocenters. The second-order valence-electron chi connectivity index (χ2n) is 11.2. The van der Waals surface area contributed by atoms with Crippen molar-refractivity contribution in [1.82, 2.24) is 19.8 Å². The lowest BCUT2D eigenvalue weighted by atomic mass is 9.96. The number of aryl methyl sites for hydroxylation is 1. The summed E-state index contributed by atoms with van der Waals surface area (Å²) in [6.07, 6.45) is 4.69. The van der Waals surface area contributed by atoms with E-state index in [1.807, 2.05) is 64.1 Å². The van der Waals surface area contributed by atoms with Crippen LogP contribution in [0, 0.1) is 6.92 Å². The maximum Gasteiger partial charge on any atom is 0.410 e. The van der Waals surface area contributed by atoms with Gasteiger partial charge in [-0.25, -0.2) is 14.6 Å². The molecular weight excluding hydrogens is 468 g/mol. The van der Waals surface area contributed by atoms with Gasteiger partial charge in [0.15, 0.2) is 0 Å². The highest BCUT2D eigenvalue weighted by Gasteiger charge is 2.29. The van der Waals surface area contributed by atoms with E-state index in [1.54, 1.807) is 15.7 Å². The van der Waals surface area contributed by atoms with Crippen LogP contribution in [0.1, 0.15) is 68.4 Å². The number of amides is 2. The first-order chi connectivity index (χ1) is 17.6. The number of hydrogen-bond acceptors (Lipinski definition) is 5. The highest BCUT2D eigenvalue weighted by atomic mass is 16.6. The second kappa shape index (κ2) is 9.65. The van der Waals surface area contributed by atoms with Gasteiger partial charge in [0.2, 0.25) is 0 Å². The van der Waals surface area contributed by atoms with Gasteiger partial charge in [0, 0.05) is 42.3 Å². The quantitative estimate of drug-likeness (QED) is 0.551. The first-order valence-electron chi connectivity index (χ1n) is 13.0. The van der Waals surface area contributed by atoms with Gasteiger partial charge in [0.25, 0.3) is 5.91 Å². The number of benzene rings is 2. The molecule has 0 radical (unpaired) electrons. The van der Waals surface area contributed by atoms with Crippen LogP contribution in [-0.2, 0) is 4.74 Å². The Morgan fingerprint density at radius 1 is 1.03 bits per heavy atom. The lowest BCUT2D eigenvalue weighted by molar-refractivity contribution is 0.0188. The fraction of sp³-hybridized carbons (Fsp3) is 0.448. The maximum absolute atomic E-state index is 12.9. The Hall–Kier alpha value is -3.68. The fourth-order valence-electron chi connectivity index (χ4n) is 4.89. The zero-order valence-electron chi connectivity index (χ0n) is 21.9. The predicted octanol–water partition coefficient (Wildman–Crippen LogP) is 4.84. The largest absolute Gasteiger partial charge is 0.444 e. The summed E-state index contributed by atoms with van der Waals surface area (Å²) < 4.78 is 7.26. The molecule has 1 aliphatic carbocycles. The Morgan fingerprint density at radius 2 is 1.76 bits per heavy atom. The molecule has 37 heavy (non-hydrogen) atoms. The molecule has 0 spiro atoms. The normalized spacial score (nSPS) is 16.6. The third-order valence-electron chi connectivity index (χ3n) is 7.01. The molecule has 5 rings (SSSR count). The van der Waals surface area contributed by atoms with Gasteiger partial charge in [-0.15, -0.1) is 0 Å². The van der Waals surface area contributed by atoms with Crippen molar-refractivity contribution in [1.29, 1.82) is 0 Å². The fourth-order valence-corrected chi connectivity index (χ4v) is 4.89. The van der Waals surface area contributed by atoms with Crippen LogP contribution in [0.2, 0.25) is 0 Å². The summed E-state index contributed by atoms with van der Waals surface area (Å²) in [6.45, 7) is 8.64. The van der Waals surface area contributed by atoms with E-state index in [1.165, 1.54) is 0 Å². The van der Waals surface area contributed by atoms with Gasteiger partial charge in [-0.1, -0.05) is 12.1 Å². The molecule has 1 saturated carbocycles. The summed E-state index contributed by atoms with van der Waals surface area (Å²) in [7, 11) is 0. The molecule has 194 valence electrons. The number of fused-ring (bicyclic) bond motifs is 1. The van der Waals surface area contributed by atoms with Crippen molar-refractivity contribution < 1.29 is 14.3 Å². The molecule has 8 nitrogen and oxygen atoms in total. The molecule has 2 aromatic carbocycles. The minimum atomic E-state index is -0.541. The molecule has 3 aromatic rings. The summed E-state index contributed by atoms with van der Waals surface area (Å²) in [5.74, 6) is -0.0437. The van der Waals surface area contributed by atoms with Crippen LogP contribution in [0.5, 0.6) is 0 Å². The van der Waals surface area contributed by atoms with Crippen LogP contribution in [0.3, 0.4) is 0 Å². The van der Waals surface area contributed by atoms with E-state index in [0.29, 0.717) is 37.5 Å². The first-order valence-corrected chi connectivity index (χ1v) is 13.0. The highest BCUT2D eigenvalue weighted by Crippen LogP contribution is 2.30. The average molecular weight is 503 g/mol. The van der Waals surface area contributed by atoms with Gasteiger partial charge in [0.05, 0.1) is 5.52 Å². The zero-order valence-corrected chi connectivity index (χ0v) is 21.9. The van der Waals surface area contributed by atoms with Gasteiger partial charge in [-0.2, -0.15) is 0 Å². The number of carbonyl (C=O) groups excluding carboxylic acids is 2. The van der Waals surface area contributed by atoms with E-state index in [4.69, 9.17) is 4.74 Å². The first kappa shape index (κ1) is 25.0. The van der Waals surface area contributed by atoms with Crippen molar-refractivity contribution in [3.8, 4) is 11.1 Å². The van der Waals surface area contributed by atoms with Crippen molar-refractivity contribution in [3.63, 3.8) is 0 Å². The van der Waals surface area contributed by atoms with E-state index in [2.05, 4.69) is 10.3 Å². The molecule has 0 unspecified atom stereocenters. The molecule has 2 heterocycles. The Bertz CT molecular complexity index is 1410. The Labute approximate surface area is 216 Å². The number of nitrogens with zero attached hydrogens (tertiary/aromatic N) is 3. The third kappa shape index (κ3) is 5.53. The third-order valence-corrected chi connectivity index (χ3v) is 7.01. The van der Waals surface area contributed by atoms with Gasteiger partial charge in [-0.3, -0.25) is 9.36 Å². The van der Waals surface area contributed by atoms with Crippen molar-refractivity contribution in [2.24, 2.45) is 0 Å². The molecule has 1 N–H and O–H groups in total. The lowest BCUT2D eigenvalue weighted by Gasteiger charge is -2.34. The standard InChI is InChI=1S/C29H34N4O4/c1-18-5-6-20(26(34)31-22-8-9-22)16-24(18)19-7-10-25-21(15-19)17-30-27(35)33(25)23-11-13-32(14-12-23)28(36)37-29(2,3)4/h5-7,10,15-17,22-23H,8-9,11-14H2,1-4H3,(H,31,34). The number of likely N-dealkylation sites (tertiary alicyclic amines) is 1. The minimum absolute atomic E-state index is 0.0437. The SMILES string of the molecule is Cc1ccc(C(=O)NC2CC2)cc1-c1ccc2c(cnc(=O)n2C2CCN(C(=O)OC(C)(C)C)CC2)c1. The molecule has 2 aliphatic rings. The predicted molar refractivity (Wildman–Crippen MR) is 143 cm³/mol. The maximum atomic E-state index is 12.9. The van der Waals surface area contributed by atoms with Crippen LogP contribution in [0.4, 0.5) is 4.79 Å². The highest BCUT2D eigenvalue weighted by molar-refractivity contribution is 5.96. The molecule has 2 fully saturated rings. The molecule has 8 heteroatoms. The van der Waals surface area contributed by atoms with E-state index in [9.17, 15) is 14.4 Å². The summed E-state index contributed by atoms with van der Waals surface area (Å²) in [6, 6.07) is 12.0. The summed E-state index contributed by atoms with van der Waals surface area (Å²) in [5, 5.41) is 3.91. The van der Waals surface area contributed by atoms with E-state index in [-0.39, 0.29) is 23.7 Å². The van der Waals surface area contributed by atoms with Gasteiger partial charge in [-0.05, 0) is 94.3 Å². The van der Waals surface area contributed by atoms with Crippen LogP contribution in [-0.4, -0.2) is 51.2 Å². The zero-order chi connectivity index (χ0) is 26.3. The van der Waals surface area contributed by atoms with Crippen molar-refractivity contribution >= 4 is 22.9 Å². The smallest absolute Gasteiger partial charge is 0.410 e. The average Bonchev–Trinajstić information content (AvgIpc) is 3.67. The molecular formula is C29H34N4O4. The topological polar surface area (TPSA) is 93.5 Å². The summed E-state index contributed by atoms with van der Waals surface area (Å²) >= 11 is 0. The van der Waals surface area contributed by atoms with Crippen LogP contribution >= 0.6 is 0 Å². The van der Waals surface area contributed by atoms with Crippen LogP contribution in [0.15, 0.2) is 47.4 Å². The van der Waals surface area contributed by atoms with Crippen molar-refractivity contribution in [2.75, 3.05) is 13.1 Å². The lowest BCUT2D eigenvalue weighted by Crippen LogP contribution is -2.43. The molecule has 1 aromatic heterocycles. The molecule has 1 saturated heterocycles. The monoisotopic (exact) mass is 502 g/mol. The van der Waals surface area contributed by atoms with Crippen molar-refractivity contribution in [2.45, 2.75) is 71.1 Å². The van der Waals surface area contributed by atoms with Crippen LogP contribution < -0.4 is 11.0 Å². The molecule has 0 bridgehead atoms. The molecule has 1 aliphatic heterocycles. The van der Waals surface area contributed by atoms with Gasteiger partial charge < -0.3 is 15.0 Å². The number of hydrogen-bond donors (Lipinski definition) is 1. The van der Waals surface area contributed by atoms with E-state index >= 15 is 0 Å². The summed E-state index contributed by atoms with van der Waals surface area (Å²) in [5.41, 5.74) is 3.66. The summed E-state index contributed by atoms with van der Waals surface area (Å²) in [4.78, 5) is 43.8. The molecule has 2 amide bonds. The Morgan fingerprint density at radius 3 is 2.43 bits per heavy atom. The van der Waals surface area contributed by atoms with E-state index < -0.39 is 5.60 Å². The number of ether oxygens (including phenoxy) is 1. The van der Waals surface area contributed by atoms with Gasteiger partial charge >= 0.3 is 11.8 Å². The Balaban J connectivity index is 1.40. The number of carbonyl (C=O) groups is 2. The Kier molecular flexibility index (Phi) is 6.52. The number of piperidine rings is 1. The number of rotatable bonds is 4. The van der Waals surface area contributed by atoms with Crippen molar-refractivity contribution in [3.05, 3.63) is 64.2 Å². The van der Waals surface area contributed by atoms with Gasteiger partial charge in [0.1, 0.15) is 5.60 Å². The van der Waals surface area contributed by atoms with Crippen LogP contribution in [0.25, 0.3) is 22.0 Å². The number of nitrogens with one attached hydrogen (secondary N) is 1. The number of aromatic nitrogens is 2. The van der Waals surface area contributed by atoms with E-state index in [0.717, 1.165) is 40.4 Å².